The molecular weight excluding hydrogens is 533 g/mol. The molecule has 33 heavy (non-hydrogen) atoms. The highest BCUT2D eigenvalue weighted by molar-refractivity contribution is 14.0. The molecule has 0 atom stereocenters. The summed E-state index contributed by atoms with van der Waals surface area (Å²) in [4.78, 5) is 9.51. The Morgan fingerprint density at radius 1 is 1.15 bits per heavy atom. The number of nitrogens with zero attached hydrogens (tertiary/aromatic N) is 6. The number of guanidine groups is 1. The Labute approximate surface area is 211 Å². The van der Waals surface area contributed by atoms with Crippen LogP contribution in [0.15, 0.2) is 58.4 Å². The number of methoxy groups -OCH3 is 1. The van der Waals surface area contributed by atoms with Crippen LogP contribution in [-0.2, 0) is 19.5 Å². The minimum Gasteiger partial charge on any atom is -0.495 e. The van der Waals surface area contributed by atoms with Crippen LogP contribution < -0.4 is 15.0 Å². The number of benzene rings is 1. The lowest BCUT2D eigenvalue weighted by Crippen LogP contribution is -2.53. The molecule has 4 rings (SSSR count). The fraction of sp³-hybridized carbons (Fsp3) is 0.435. The van der Waals surface area contributed by atoms with Gasteiger partial charge in [0.1, 0.15) is 30.2 Å². The maximum Gasteiger partial charge on any atom is 0.194 e. The number of ether oxygens (including phenoxy) is 1. The average molecular weight is 565 g/mol. The molecule has 0 radical (unpaired) electrons. The number of para-hydroxylation sites is 2. The predicted molar refractivity (Wildman–Crippen MR) is 139 cm³/mol. The Morgan fingerprint density at radius 3 is 2.70 bits per heavy atom. The van der Waals surface area contributed by atoms with Crippen molar-refractivity contribution in [3.63, 3.8) is 0 Å². The number of halogens is 1. The van der Waals surface area contributed by atoms with Crippen LogP contribution >= 0.6 is 24.0 Å². The van der Waals surface area contributed by atoms with Crippen LogP contribution in [0.1, 0.15) is 18.5 Å². The van der Waals surface area contributed by atoms with Crippen molar-refractivity contribution >= 4 is 35.6 Å². The van der Waals surface area contributed by atoms with Gasteiger partial charge in [-0.15, -0.1) is 34.2 Å². The Bertz CT molecular complexity index is 998. The summed E-state index contributed by atoms with van der Waals surface area (Å²) in [6.45, 7) is 7.66. The van der Waals surface area contributed by atoms with Gasteiger partial charge in [-0.25, -0.2) is 4.99 Å². The zero-order chi connectivity index (χ0) is 22.2. The van der Waals surface area contributed by atoms with Crippen molar-refractivity contribution in [2.75, 3.05) is 44.7 Å². The third-order valence-electron chi connectivity index (χ3n) is 5.62. The van der Waals surface area contributed by atoms with E-state index in [9.17, 15) is 0 Å². The summed E-state index contributed by atoms with van der Waals surface area (Å²) in [6, 6.07) is 12.0. The molecule has 3 aromatic rings. The molecule has 0 spiro atoms. The fourth-order valence-corrected chi connectivity index (χ4v) is 3.90. The molecule has 10 heteroatoms. The summed E-state index contributed by atoms with van der Waals surface area (Å²) >= 11 is 0. The number of aromatic nitrogens is 3. The number of furan rings is 1. The molecule has 178 valence electrons. The van der Waals surface area contributed by atoms with Crippen LogP contribution in [0.4, 0.5) is 5.69 Å². The van der Waals surface area contributed by atoms with Gasteiger partial charge in [-0.2, -0.15) is 0 Å². The van der Waals surface area contributed by atoms with E-state index in [1.165, 1.54) is 0 Å². The van der Waals surface area contributed by atoms with Crippen molar-refractivity contribution in [3.05, 3.63) is 60.6 Å². The van der Waals surface area contributed by atoms with Crippen molar-refractivity contribution in [2.24, 2.45) is 4.99 Å². The van der Waals surface area contributed by atoms with E-state index >= 15 is 0 Å². The van der Waals surface area contributed by atoms with Gasteiger partial charge < -0.3 is 28.8 Å². The van der Waals surface area contributed by atoms with E-state index in [0.717, 1.165) is 74.7 Å². The van der Waals surface area contributed by atoms with Crippen LogP contribution in [0, 0.1) is 0 Å². The lowest BCUT2D eigenvalue weighted by Gasteiger charge is -2.38. The maximum atomic E-state index is 5.55. The lowest BCUT2D eigenvalue weighted by molar-refractivity contribution is 0.364. The van der Waals surface area contributed by atoms with Crippen molar-refractivity contribution in [3.8, 4) is 5.75 Å². The molecule has 0 amide bonds. The first-order chi connectivity index (χ1) is 15.8. The van der Waals surface area contributed by atoms with Gasteiger partial charge in [-0.3, -0.25) is 0 Å². The zero-order valence-corrected chi connectivity index (χ0v) is 21.5. The largest absolute Gasteiger partial charge is 0.495 e. The van der Waals surface area contributed by atoms with Crippen LogP contribution in [0.25, 0.3) is 0 Å². The van der Waals surface area contributed by atoms with E-state index in [1.807, 2.05) is 24.3 Å². The highest BCUT2D eigenvalue weighted by Gasteiger charge is 2.22. The van der Waals surface area contributed by atoms with E-state index < -0.39 is 0 Å². The van der Waals surface area contributed by atoms with Gasteiger partial charge in [0.05, 0.1) is 19.1 Å². The van der Waals surface area contributed by atoms with E-state index in [2.05, 4.69) is 48.9 Å². The molecule has 3 heterocycles. The second kappa shape index (κ2) is 12.5. The Morgan fingerprint density at radius 2 is 1.97 bits per heavy atom. The Kier molecular flexibility index (Phi) is 9.40. The van der Waals surface area contributed by atoms with Crippen molar-refractivity contribution in [1.29, 1.82) is 0 Å². The van der Waals surface area contributed by atoms with Crippen LogP contribution in [0.3, 0.4) is 0 Å². The molecule has 1 aromatic carbocycles. The summed E-state index contributed by atoms with van der Waals surface area (Å²) < 4.78 is 13.1. The molecule has 0 bridgehead atoms. The molecule has 0 saturated carbocycles. The number of aryl methyl sites for hydroxylation is 1. The summed E-state index contributed by atoms with van der Waals surface area (Å²) in [5.74, 6) is 3.65. The highest BCUT2D eigenvalue weighted by atomic mass is 127. The molecular formula is C23H32IN7O2. The minimum atomic E-state index is 0. The van der Waals surface area contributed by atoms with Gasteiger partial charge >= 0.3 is 0 Å². The topological polar surface area (TPSA) is 84.0 Å². The number of hydrogen-bond donors (Lipinski definition) is 1. The van der Waals surface area contributed by atoms with Crippen LogP contribution in [0.5, 0.6) is 5.75 Å². The quantitative estimate of drug-likeness (QED) is 0.256. The van der Waals surface area contributed by atoms with Crippen molar-refractivity contribution in [2.45, 2.75) is 26.4 Å². The minimum absolute atomic E-state index is 0. The van der Waals surface area contributed by atoms with Crippen LogP contribution in [0.2, 0.25) is 0 Å². The molecule has 1 aliphatic heterocycles. The number of rotatable bonds is 8. The second-order valence-electron chi connectivity index (χ2n) is 7.59. The summed E-state index contributed by atoms with van der Waals surface area (Å²) in [5, 5.41) is 11.7. The number of piperazine rings is 1. The molecule has 1 saturated heterocycles. The summed E-state index contributed by atoms with van der Waals surface area (Å²) in [6.07, 6.45) is 4.33. The van der Waals surface area contributed by atoms with Crippen molar-refractivity contribution < 1.29 is 9.15 Å². The van der Waals surface area contributed by atoms with Gasteiger partial charge in [-0.1, -0.05) is 19.1 Å². The molecule has 1 fully saturated rings. The Balaban J connectivity index is 0.00000306. The molecule has 0 unspecified atom stereocenters. The van der Waals surface area contributed by atoms with E-state index in [4.69, 9.17) is 14.1 Å². The first-order valence-electron chi connectivity index (χ1n) is 11.1. The van der Waals surface area contributed by atoms with Gasteiger partial charge in [0.25, 0.3) is 0 Å². The predicted octanol–water partition coefficient (Wildman–Crippen LogP) is 3.03. The molecule has 0 aliphatic carbocycles. The van der Waals surface area contributed by atoms with Gasteiger partial charge in [0.15, 0.2) is 5.96 Å². The molecule has 1 N–H and O–H groups in total. The van der Waals surface area contributed by atoms with E-state index in [0.29, 0.717) is 6.54 Å². The third kappa shape index (κ3) is 6.40. The van der Waals surface area contributed by atoms with Crippen LogP contribution in [-0.4, -0.2) is 65.5 Å². The normalized spacial score (nSPS) is 14.2. The maximum absolute atomic E-state index is 5.55. The number of anilines is 1. The second-order valence-corrected chi connectivity index (χ2v) is 7.59. The number of hydrogen-bond acceptors (Lipinski definition) is 6. The van der Waals surface area contributed by atoms with Gasteiger partial charge in [-0.05, 0) is 24.3 Å². The summed E-state index contributed by atoms with van der Waals surface area (Å²) in [5.41, 5.74) is 1.14. The number of aliphatic imine (C=N–C) groups is 1. The Hall–Kier alpha value is -2.76. The fourth-order valence-electron chi connectivity index (χ4n) is 3.90. The van der Waals surface area contributed by atoms with Crippen molar-refractivity contribution in [1.82, 2.24) is 25.0 Å². The smallest absolute Gasteiger partial charge is 0.194 e. The first kappa shape index (κ1) is 24.9. The molecule has 2 aromatic heterocycles. The summed E-state index contributed by atoms with van der Waals surface area (Å²) in [7, 11) is 1.72. The zero-order valence-electron chi connectivity index (χ0n) is 19.2. The van der Waals surface area contributed by atoms with E-state index in [-0.39, 0.29) is 24.0 Å². The van der Waals surface area contributed by atoms with E-state index in [1.54, 1.807) is 19.7 Å². The third-order valence-corrected chi connectivity index (χ3v) is 5.62. The first-order valence-corrected chi connectivity index (χ1v) is 11.1. The highest BCUT2D eigenvalue weighted by Crippen LogP contribution is 2.28. The van der Waals surface area contributed by atoms with Gasteiger partial charge in [0.2, 0.25) is 0 Å². The molecule has 9 nitrogen and oxygen atoms in total. The standard InChI is InChI=1S/C23H31N7O2.HI/c1-3-22-27-26-18-30(22)11-10-24-23(25-17-19-7-6-16-32-19)29-14-12-28(13-15-29)20-8-4-5-9-21(20)31-2;/h4-9,16,18H,3,10-15,17H2,1-2H3,(H,24,25);1H. The lowest BCUT2D eigenvalue weighted by atomic mass is 10.2. The molecule has 1 aliphatic rings. The SMILES string of the molecule is CCc1nncn1CCNC(=NCc1ccco1)N1CCN(c2ccccc2OC)CC1.I. The monoisotopic (exact) mass is 565 g/mol. The average Bonchev–Trinajstić information content (AvgIpc) is 3.53. The van der Waals surface area contributed by atoms with Gasteiger partial charge in [0, 0.05) is 45.7 Å². The number of nitrogens with one attached hydrogen (secondary N) is 1.